The van der Waals surface area contributed by atoms with Crippen LogP contribution in [0.4, 0.5) is 0 Å². The fourth-order valence-electron chi connectivity index (χ4n) is 1.55. The molecule has 0 aliphatic heterocycles. The Labute approximate surface area is 103 Å². The molecule has 96 valence electrons. The monoisotopic (exact) mass is 268 g/mol. The smallest absolute Gasteiger partial charge is 0.325 e. The molecule has 4 N–H and O–H groups in total. The maximum absolute atomic E-state index is 10.9. The van der Waals surface area contributed by atoms with Gasteiger partial charge in [-0.05, 0) is 17.7 Å². The maximum Gasteiger partial charge on any atom is 0.329 e. The van der Waals surface area contributed by atoms with Gasteiger partial charge in [0.1, 0.15) is 0 Å². The van der Waals surface area contributed by atoms with Gasteiger partial charge in [0.05, 0.1) is 23.7 Å². The molecule has 7 nitrogen and oxygen atoms in total. The first-order chi connectivity index (χ1) is 8.48. The number of rotatable bonds is 4. The number of nitrogens with zero attached hydrogens (tertiary/aromatic N) is 3. The Kier molecular flexibility index (Phi) is 3.58. The number of hydrogen-bond acceptors (Lipinski definition) is 4. The van der Waals surface area contributed by atoms with Crippen molar-refractivity contribution in [2.24, 2.45) is 5.73 Å². The van der Waals surface area contributed by atoms with Crippen molar-refractivity contribution in [3.63, 3.8) is 0 Å². The zero-order valence-electron chi connectivity index (χ0n) is 9.47. The van der Waals surface area contributed by atoms with Crippen LogP contribution in [0.3, 0.4) is 0 Å². The highest BCUT2D eigenvalue weighted by molar-refractivity contribution is 7.50. The predicted molar refractivity (Wildman–Crippen MR) is 65.0 cm³/mol. The van der Waals surface area contributed by atoms with Crippen molar-refractivity contribution in [1.29, 1.82) is 0 Å². The molecule has 2 rings (SSSR count). The van der Waals surface area contributed by atoms with E-state index < -0.39 is 7.60 Å². The minimum atomic E-state index is -4.06. The lowest BCUT2D eigenvalue weighted by Gasteiger charge is -2.06. The van der Waals surface area contributed by atoms with E-state index in [0.29, 0.717) is 23.5 Å². The second-order valence-corrected chi connectivity index (χ2v) is 5.50. The molecule has 0 bridgehead atoms. The first kappa shape index (κ1) is 12.9. The molecule has 1 heterocycles. The molecular weight excluding hydrogens is 255 g/mol. The average Bonchev–Trinajstić information content (AvgIpc) is 2.75. The molecule has 0 atom stereocenters. The zero-order valence-corrected chi connectivity index (χ0v) is 10.4. The lowest BCUT2D eigenvalue weighted by atomic mass is 10.2. The van der Waals surface area contributed by atoms with Crippen molar-refractivity contribution in [3.8, 4) is 5.69 Å². The van der Waals surface area contributed by atoms with Crippen molar-refractivity contribution >= 4 is 7.60 Å². The summed E-state index contributed by atoms with van der Waals surface area (Å²) < 4.78 is 12.5. The van der Waals surface area contributed by atoms with Crippen LogP contribution in [-0.2, 0) is 17.3 Å². The molecule has 8 heteroatoms. The second-order valence-electron chi connectivity index (χ2n) is 3.85. The highest BCUT2D eigenvalue weighted by Crippen LogP contribution is 2.39. The van der Waals surface area contributed by atoms with E-state index in [0.717, 1.165) is 0 Å². The molecule has 0 unspecified atom stereocenters. The number of benzene rings is 1. The van der Waals surface area contributed by atoms with Crippen LogP contribution in [0.25, 0.3) is 5.69 Å². The van der Waals surface area contributed by atoms with Crippen molar-refractivity contribution < 1.29 is 14.4 Å². The van der Waals surface area contributed by atoms with Crippen molar-refractivity contribution in [2.75, 3.05) is 0 Å². The summed E-state index contributed by atoms with van der Waals surface area (Å²) in [5.74, 6) is 0. The second kappa shape index (κ2) is 4.99. The first-order valence-electron chi connectivity index (χ1n) is 5.23. The molecule has 0 aliphatic carbocycles. The molecule has 18 heavy (non-hydrogen) atoms. The van der Waals surface area contributed by atoms with E-state index in [1.165, 1.54) is 4.68 Å². The van der Waals surface area contributed by atoms with E-state index in [-0.39, 0.29) is 6.16 Å². The molecule has 0 fully saturated rings. The fourth-order valence-corrected chi connectivity index (χ4v) is 2.23. The van der Waals surface area contributed by atoms with Crippen molar-refractivity contribution in [2.45, 2.75) is 12.7 Å². The number of nitrogens with two attached hydrogens (primary N) is 1. The fraction of sp³-hybridized carbons (Fsp3) is 0.200. The molecule has 0 spiro atoms. The summed E-state index contributed by atoms with van der Waals surface area (Å²) in [4.78, 5) is 17.9. The van der Waals surface area contributed by atoms with E-state index >= 15 is 0 Å². The molecule has 2 aromatic rings. The van der Waals surface area contributed by atoms with Gasteiger partial charge in [-0.2, -0.15) is 0 Å². The molecule has 0 radical (unpaired) electrons. The van der Waals surface area contributed by atoms with Gasteiger partial charge in [-0.3, -0.25) is 4.57 Å². The van der Waals surface area contributed by atoms with E-state index in [9.17, 15) is 4.57 Å². The van der Waals surface area contributed by atoms with Gasteiger partial charge >= 0.3 is 7.60 Å². The van der Waals surface area contributed by atoms with Crippen LogP contribution in [0.2, 0.25) is 0 Å². The Morgan fingerprint density at radius 2 is 2.17 bits per heavy atom. The van der Waals surface area contributed by atoms with Gasteiger partial charge in [-0.25, -0.2) is 4.68 Å². The summed E-state index contributed by atoms with van der Waals surface area (Å²) in [6, 6.07) is 6.81. The Balaban J connectivity index is 2.29. The highest BCUT2D eigenvalue weighted by atomic mass is 31.2. The molecular formula is C10H13N4O3P. The van der Waals surface area contributed by atoms with Gasteiger partial charge in [-0.15, -0.1) is 5.10 Å². The summed E-state index contributed by atoms with van der Waals surface area (Å²) in [5, 5.41) is 7.74. The Bertz CT molecular complexity index is 592. The van der Waals surface area contributed by atoms with Gasteiger partial charge in [-0.1, -0.05) is 17.3 Å². The lowest BCUT2D eigenvalue weighted by Crippen LogP contribution is -1.97. The van der Waals surface area contributed by atoms with E-state index in [2.05, 4.69) is 10.3 Å². The maximum atomic E-state index is 10.9. The molecule has 0 aliphatic rings. The summed E-state index contributed by atoms with van der Waals surface area (Å²) in [6.07, 6.45) is 1.38. The van der Waals surface area contributed by atoms with Crippen LogP contribution in [0, 0.1) is 0 Å². The SMILES string of the molecule is NCc1cn(-c2cccc(CP(=O)(O)O)c2)nn1. The van der Waals surface area contributed by atoms with E-state index in [1.54, 1.807) is 30.5 Å². The Morgan fingerprint density at radius 3 is 2.78 bits per heavy atom. The normalized spacial score (nSPS) is 11.7. The molecule has 0 saturated carbocycles. The van der Waals surface area contributed by atoms with E-state index in [1.807, 2.05) is 0 Å². The molecule has 0 saturated heterocycles. The van der Waals surface area contributed by atoms with Gasteiger partial charge < -0.3 is 15.5 Å². The summed E-state index contributed by atoms with van der Waals surface area (Å²) in [7, 11) is -4.06. The third-order valence-corrected chi connectivity index (χ3v) is 3.09. The third-order valence-electron chi connectivity index (χ3n) is 2.31. The first-order valence-corrected chi connectivity index (χ1v) is 7.03. The zero-order chi connectivity index (χ0) is 13.2. The summed E-state index contributed by atoms with van der Waals surface area (Å²) in [6.45, 7) is 0.294. The van der Waals surface area contributed by atoms with Gasteiger partial charge in [0.15, 0.2) is 0 Å². The Hall–Kier alpha value is -1.53. The van der Waals surface area contributed by atoms with Gasteiger partial charge in [0.25, 0.3) is 0 Å². The highest BCUT2D eigenvalue weighted by Gasteiger charge is 2.14. The van der Waals surface area contributed by atoms with Crippen LogP contribution in [0.15, 0.2) is 30.5 Å². The van der Waals surface area contributed by atoms with Gasteiger partial charge in [0, 0.05) is 6.54 Å². The summed E-state index contributed by atoms with van der Waals surface area (Å²) >= 11 is 0. The molecule has 1 aromatic carbocycles. The van der Waals surface area contributed by atoms with Crippen LogP contribution in [0.1, 0.15) is 11.3 Å². The largest absolute Gasteiger partial charge is 0.329 e. The van der Waals surface area contributed by atoms with Crippen LogP contribution >= 0.6 is 7.60 Å². The molecule has 0 amide bonds. The van der Waals surface area contributed by atoms with Gasteiger partial charge in [0.2, 0.25) is 0 Å². The quantitative estimate of drug-likeness (QED) is 0.692. The van der Waals surface area contributed by atoms with E-state index in [4.69, 9.17) is 15.5 Å². The number of aromatic nitrogens is 3. The van der Waals surface area contributed by atoms with Crippen LogP contribution in [-0.4, -0.2) is 24.8 Å². The lowest BCUT2D eigenvalue weighted by molar-refractivity contribution is 0.371. The third kappa shape index (κ3) is 3.24. The van der Waals surface area contributed by atoms with Crippen molar-refractivity contribution in [3.05, 3.63) is 41.7 Å². The topological polar surface area (TPSA) is 114 Å². The Morgan fingerprint density at radius 1 is 1.39 bits per heavy atom. The average molecular weight is 268 g/mol. The van der Waals surface area contributed by atoms with Crippen molar-refractivity contribution in [1.82, 2.24) is 15.0 Å². The minimum Gasteiger partial charge on any atom is -0.325 e. The minimum absolute atomic E-state index is 0.292. The van der Waals surface area contributed by atoms with Crippen LogP contribution < -0.4 is 5.73 Å². The summed E-state index contributed by atoms with van der Waals surface area (Å²) in [5.41, 5.74) is 7.32. The molecule has 1 aromatic heterocycles. The predicted octanol–water partition coefficient (Wildman–Crippen LogP) is 0.404. The standard InChI is InChI=1S/C10H13N4O3P/c11-5-9-6-14(13-12-9)10-3-1-2-8(4-10)7-18(15,16)17/h1-4,6H,5,7,11H2,(H2,15,16,17). The number of hydrogen-bond donors (Lipinski definition) is 3. The van der Waals surface area contributed by atoms with Crippen LogP contribution in [0.5, 0.6) is 0 Å².